The van der Waals surface area contributed by atoms with E-state index in [0.29, 0.717) is 5.56 Å². The Bertz CT molecular complexity index is 598. The van der Waals surface area contributed by atoms with Crippen molar-refractivity contribution in [1.29, 1.82) is 0 Å². The van der Waals surface area contributed by atoms with Gasteiger partial charge in [-0.1, -0.05) is 18.2 Å². The number of alkyl halides is 5. The highest BCUT2D eigenvalue weighted by Gasteiger charge is 2.30. The van der Waals surface area contributed by atoms with Crippen molar-refractivity contribution in [2.75, 3.05) is 0 Å². The molecule has 0 atom stereocenters. The summed E-state index contributed by atoms with van der Waals surface area (Å²) in [6.07, 6.45) is -7.44. The molecule has 2 aromatic rings. The zero-order valence-corrected chi connectivity index (χ0v) is 9.89. The Kier molecular flexibility index (Phi) is 3.74. The van der Waals surface area contributed by atoms with Gasteiger partial charge in [0.1, 0.15) is 5.82 Å². The molecule has 0 amide bonds. The molecule has 0 unspecified atom stereocenters. The van der Waals surface area contributed by atoms with E-state index in [4.69, 9.17) is 0 Å². The van der Waals surface area contributed by atoms with Crippen molar-refractivity contribution in [3.05, 3.63) is 59.4 Å². The van der Waals surface area contributed by atoms with E-state index in [1.165, 1.54) is 6.07 Å². The Morgan fingerprint density at radius 2 is 1.35 bits per heavy atom. The largest absolute Gasteiger partial charge is 0.416 e. The van der Waals surface area contributed by atoms with E-state index in [-0.39, 0.29) is 5.56 Å². The van der Waals surface area contributed by atoms with Gasteiger partial charge in [0.15, 0.2) is 0 Å². The molecule has 0 saturated carbocycles. The molecule has 0 bridgehead atoms. The first-order valence-electron chi connectivity index (χ1n) is 5.54. The van der Waals surface area contributed by atoms with Crippen molar-refractivity contribution in [1.82, 2.24) is 0 Å². The van der Waals surface area contributed by atoms with E-state index in [2.05, 4.69) is 0 Å². The van der Waals surface area contributed by atoms with Crippen molar-refractivity contribution in [3.63, 3.8) is 0 Å². The van der Waals surface area contributed by atoms with Gasteiger partial charge in [0, 0.05) is 0 Å². The van der Waals surface area contributed by atoms with Crippen molar-refractivity contribution < 1.29 is 26.3 Å². The van der Waals surface area contributed by atoms with E-state index in [1.54, 1.807) is 0 Å². The highest BCUT2D eigenvalue weighted by molar-refractivity contribution is 5.64. The van der Waals surface area contributed by atoms with E-state index in [1.807, 2.05) is 0 Å². The van der Waals surface area contributed by atoms with E-state index < -0.39 is 29.5 Å². The van der Waals surface area contributed by atoms with Crippen LogP contribution in [-0.4, -0.2) is 0 Å². The van der Waals surface area contributed by atoms with Crippen molar-refractivity contribution >= 4 is 0 Å². The summed E-state index contributed by atoms with van der Waals surface area (Å²) in [5, 5.41) is 0. The van der Waals surface area contributed by atoms with Crippen LogP contribution in [0.2, 0.25) is 0 Å². The molecule has 0 radical (unpaired) electrons. The molecule has 2 aromatic carbocycles. The summed E-state index contributed by atoms with van der Waals surface area (Å²) >= 11 is 0. The summed E-state index contributed by atoms with van der Waals surface area (Å²) in [4.78, 5) is 0. The van der Waals surface area contributed by atoms with Crippen LogP contribution in [0.5, 0.6) is 0 Å². The van der Waals surface area contributed by atoms with Gasteiger partial charge in [0.2, 0.25) is 0 Å². The van der Waals surface area contributed by atoms with Crippen molar-refractivity contribution in [2.45, 2.75) is 12.6 Å². The first-order chi connectivity index (χ1) is 9.29. The third-order valence-electron chi connectivity index (χ3n) is 2.78. The van der Waals surface area contributed by atoms with Crippen LogP contribution in [0.4, 0.5) is 26.3 Å². The highest BCUT2D eigenvalue weighted by atomic mass is 19.4. The van der Waals surface area contributed by atoms with Crippen LogP contribution in [0.15, 0.2) is 42.5 Å². The second kappa shape index (κ2) is 5.19. The van der Waals surface area contributed by atoms with Crippen LogP contribution in [0.3, 0.4) is 0 Å². The Morgan fingerprint density at radius 3 is 1.85 bits per heavy atom. The first kappa shape index (κ1) is 14.4. The molecule has 0 N–H and O–H groups in total. The molecule has 0 fully saturated rings. The maximum Gasteiger partial charge on any atom is 0.416 e. The minimum absolute atomic E-state index is 0.232. The third-order valence-corrected chi connectivity index (χ3v) is 2.78. The van der Waals surface area contributed by atoms with Gasteiger partial charge < -0.3 is 0 Å². The van der Waals surface area contributed by atoms with Gasteiger partial charge >= 0.3 is 6.18 Å². The fourth-order valence-electron chi connectivity index (χ4n) is 1.74. The molecular formula is C14H8F6. The lowest BCUT2D eigenvalue weighted by Crippen LogP contribution is -2.04. The van der Waals surface area contributed by atoms with Crippen LogP contribution < -0.4 is 0 Å². The smallest absolute Gasteiger partial charge is 0.206 e. The van der Waals surface area contributed by atoms with Gasteiger partial charge in [-0.05, 0) is 35.4 Å². The minimum Gasteiger partial charge on any atom is -0.206 e. The molecule has 0 aromatic heterocycles. The van der Waals surface area contributed by atoms with Gasteiger partial charge in [0.25, 0.3) is 6.43 Å². The molecule has 0 aliphatic carbocycles. The zero-order chi connectivity index (χ0) is 14.9. The lowest BCUT2D eigenvalue weighted by molar-refractivity contribution is -0.137. The lowest BCUT2D eigenvalue weighted by atomic mass is 10.0. The Hall–Kier alpha value is -1.98. The first-order valence-corrected chi connectivity index (χ1v) is 5.54. The van der Waals surface area contributed by atoms with Crippen LogP contribution in [0.25, 0.3) is 11.1 Å². The summed E-state index contributed by atoms with van der Waals surface area (Å²) in [7, 11) is 0. The van der Waals surface area contributed by atoms with Gasteiger partial charge in [-0.15, -0.1) is 0 Å². The van der Waals surface area contributed by atoms with Crippen LogP contribution in [-0.2, 0) is 6.18 Å². The molecule has 0 spiro atoms. The average Bonchev–Trinajstić information content (AvgIpc) is 2.38. The molecule has 0 aliphatic heterocycles. The molecule has 20 heavy (non-hydrogen) atoms. The van der Waals surface area contributed by atoms with E-state index in [0.717, 1.165) is 36.4 Å². The molecule has 106 valence electrons. The SMILES string of the molecule is Fc1ccc(-c2ccc(C(F)(F)F)cc2)cc1C(F)F. The molecule has 0 heterocycles. The zero-order valence-electron chi connectivity index (χ0n) is 9.89. The Balaban J connectivity index is 2.40. The topological polar surface area (TPSA) is 0 Å². The number of benzene rings is 2. The van der Waals surface area contributed by atoms with E-state index in [9.17, 15) is 26.3 Å². The quantitative estimate of drug-likeness (QED) is 0.645. The molecule has 6 heteroatoms. The van der Waals surface area contributed by atoms with Crippen LogP contribution in [0.1, 0.15) is 17.6 Å². The second-order valence-corrected chi connectivity index (χ2v) is 4.11. The minimum atomic E-state index is -4.46. The number of hydrogen-bond acceptors (Lipinski definition) is 0. The summed E-state index contributed by atoms with van der Waals surface area (Å²) in [6, 6.07) is 7.05. The van der Waals surface area contributed by atoms with Gasteiger partial charge in [-0.2, -0.15) is 13.2 Å². The predicted molar refractivity (Wildman–Crippen MR) is 61.8 cm³/mol. The summed E-state index contributed by atoms with van der Waals surface area (Å²) < 4.78 is 75.4. The predicted octanol–water partition coefficient (Wildman–Crippen LogP) is 5.45. The molecule has 0 nitrogen and oxygen atoms in total. The summed E-state index contributed by atoms with van der Waals surface area (Å²) in [5.41, 5.74) is -1.07. The molecule has 2 rings (SSSR count). The number of halogens is 6. The molecule has 0 aliphatic rings. The van der Waals surface area contributed by atoms with Crippen molar-refractivity contribution in [3.8, 4) is 11.1 Å². The lowest BCUT2D eigenvalue weighted by Gasteiger charge is -2.09. The maximum absolute atomic E-state index is 13.1. The van der Waals surface area contributed by atoms with Crippen molar-refractivity contribution in [2.24, 2.45) is 0 Å². The second-order valence-electron chi connectivity index (χ2n) is 4.11. The Labute approximate surface area is 110 Å². The fourth-order valence-corrected chi connectivity index (χ4v) is 1.74. The average molecular weight is 290 g/mol. The number of rotatable bonds is 2. The molecule has 0 saturated heterocycles. The molecular weight excluding hydrogens is 282 g/mol. The van der Waals surface area contributed by atoms with Crippen LogP contribution >= 0.6 is 0 Å². The summed E-state index contributed by atoms with van der Waals surface area (Å²) in [6.45, 7) is 0. The Morgan fingerprint density at radius 1 is 0.800 bits per heavy atom. The maximum atomic E-state index is 13.1. The van der Waals surface area contributed by atoms with Gasteiger partial charge in [-0.25, -0.2) is 13.2 Å². The number of hydrogen-bond donors (Lipinski definition) is 0. The summed E-state index contributed by atoms with van der Waals surface area (Å²) in [5.74, 6) is -1.05. The van der Waals surface area contributed by atoms with Crippen LogP contribution in [0, 0.1) is 5.82 Å². The standard InChI is InChI=1S/C14H8F6/c15-12-6-3-9(7-11(12)13(16)17)8-1-4-10(5-2-8)14(18,19)20/h1-7,13H. The third kappa shape index (κ3) is 2.95. The van der Waals surface area contributed by atoms with E-state index >= 15 is 0 Å². The normalized spacial score (nSPS) is 11.9. The highest BCUT2D eigenvalue weighted by Crippen LogP contribution is 2.32. The fraction of sp³-hybridized carbons (Fsp3) is 0.143. The van der Waals surface area contributed by atoms with Gasteiger partial charge in [0.05, 0.1) is 11.1 Å². The van der Waals surface area contributed by atoms with Gasteiger partial charge in [-0.3, -0.25) is 0 Å². The monoisotopic (exact) mass is 290 g/mol.